The van der Waals surface area contributed by atoms with Gasteiger partial charge in [-0.3, -0.25) is 4.57 Å². The van der Waals surface area contributed by atoms with Gasteiger partial charge in [-0.15, -0.1) is 0 Å². The third-order valence-corrected chi connectivity index (χ3v) is 12.0. The molecule has 55 heavy (non-hydrogen) atoms. The standard InChI is InChI=1S/C51H40N4/c1-5-34-8-6-9-40-42-28-35(16-24-45(42)54(50(34)40)38-20-13-32(3)14-21-38)36-17-25-46-43(29-36)41-10-7-27-52-51(41)55(46)39-22-26-47-44(30-39)49-33(4)15-23-48(49)53(47)37-18-11-31(2)12-19-37/h6-30,33H,5H2,1-4H3. The van der Waals surface area contributed by atoms with Crippen LogP contribution in [0, 0.1) is 13.8 Å². The van der Waals surface area contributed by atoms with Gasteiger partial charge in [-0.2, -0.15) is 0 Å². The first kappa shape index (κ1) is 31.8. The van der Waals surface area contributed by atoms with E-state index in [-0.39, 0.29) is 0 Å². The highest BCUT2D eigenvalue weighted by atomic mass is 15.1. The first-order chi connectivity index (χ1) is 27.0. The van der Waals surface area contributed by atoms with E-state index in [2.05, 4.69) is 187 Å². The number of nitrogens with zero attached hydrogens (tertiary/aromatic N) is 4. The molecule has 4 heteroatoms. The molecule has 4 heterocycles. The van der Waals surface area contributed by atoms with Crippen LogP contribution in [0.5, 0.6) is 0 Å². The molecule has 0 amide bonds. The van der Waals surface area contributed by atoms with E-state index < -0.39 is 0 Å². The molecule has 0 bridgehead atoms. The third kappa shape index (κ3) is 4.67. The van der Waals surface area contributed by atoms with Gasteiger partial charge in [0.25, 0.3) is 0 Å². The molecule has 11 rings (SSSR count). The molecule has 0 aliphatic heterocycles. The van der Waals surface area contributed by atoms with Crippen molar-refractivity contribution in [2.45, 2.75) is 40.0 Å². The van der Waals surface area contributed by atoms with Gasteiger partial charge in [0.1, 0.15) is 5.65 Å². The minimum atomic E-state index is 0.343. The number of hydrogen-bond acceptors (Lipinski definition) is 1. The topological polar surface area (TPSA) is 27.7 Å². The lowest BCUT2D eigenvalue weighted by molar-refractivity contribution is 0.990. The highest BCUT2D eigenvalue weighted by Crippen LogP contribution is 2.43. The normalized spacial score (nSPS) is 14.0. The summed E-state index contributed by atoms with van der Waals surface area (Å²) in [5, 5.41) is 6.21. The Hall–Kier alpha value is -6.65. The summed E-state index contributed by atoms with van der Waals surface area (Å²) >= 11 is 0. The van der Waals surface area contributed by atoms with Crippen LogP contribution in [-0.2, 0) is 6.42 Å². The Morgan fingerprint density at radius 3 is 1.85 bits per heavy atom. The fourth-order valence-corrected chi connectivity index (χ4v) is 9.26. The average molecular weight is 709 g/mol. The van der Waals surface area contributed by atoms with Crippen molar-refractivity contribution in [3.05, 3.63) is 174 Å². The van der Waals surface area contributed by atoms with Crippen molar-refractivity contribution in [2.75, 3.05) is 0 Å². The van der Waals surface area contributed by atoms with E-state index >= 15 is 0 Å². The Labute approximate surface area is 320 Å². The fraction of sp³-hybridized carbons (Fsp3) is 0.118. The van der Waals surface area contributed by atoms with Crippen LogP contribution in [0.25, 0.3) is 88.9 Å². The minimum absolute atomic E-state index is 0.343. The molecular weight excluding hydrogens is 669 g/mol. The zero-order valence-electron chi connectivity index (χ0n) is 31.5. The van der Waals surface area contributed by atoms with Crippen molar-refractivity contribution in [2.24, 2.45) is 0 Å². The number of aromatic nitrogens is 4. The summed E-state index contributed by atoms with van der Waals surface area (Å²) in [4.78, 5) is 5.00. The van der Waals surface area contributed by atoms with Crippen LogP contribution >= 0.6 is 0 Å². The second kappa shape index (κ2) is 11.9. The number of rotatable bonds is 5. The van der Waals surface area contributed by atoms with E-state index in [1.807, 2.05) is 6.20 Å². The van der Waals surface area contributed by atoms with Crippen molar-refractivity contribution >= 4 is 60.7 Å². The van der Waals surface area contributed by atoms with E-state index in [1.165, 1.54) is 88.5 Å². The summed E-state index contributed by atoms with van der Waals surface area (Å²) < 4.78 is 7.22. The van der Waals surface area contributed by atoms with Crippen LogP contribution < -0.4 is 0 Å². The van der Waals surface area contributed by atoms with Crippen molar-refractivity contribution < 1.29 is 0 Å². The number of allylic oxidation sites excluding steroid dienone is 1. The summed E-state index contributed by atoms with van der Waals surface area (Å²) in [5.41, 5.74) is 18.4. The quantitative estimate of drug-likeness (QED) is 0.175. The molecule has 1 unspecified atom stereocenters. The number of para-hydroxylation sites is 1. The van der Waals surface area contributed by atoms with Crippen molar-refractivity contribution in [3.8, 4) is 28.2 Å². The molecule has 4 aromatic heterocycles. The summed E-state index contributed by atoms with van der Waals surface area (Å²) in [6.07, 6.45) is 7.51. The molecule has 10 aromatic rings. The molecule has 0 N–H and O–H groups in total. The van der Waals surface area contributed by atoms with Gasteiger partial charge in [-0.05, 0) is 127 Å². The van der Waals surface area contributed by atoms with Gasteiger partial charge in [-0.1, -0.05) is 85.6 Å². The van der Waals surface area contributed by atoms with Crippen LogP contribution in [0.2, 0.25) is 0 Å². The Bertz CT molecular complexity index is 3200. The number of pyridine rings is 1. The molecular formula is C51H40N4. The number of hydrogen-bond donors (Lipinski definition) is 0. The summed E-state index contributed by atoms with van der Waals surface area (Å²) in [6, 6.07) is 49.7. The van der Waals surface area contributed by atoms with Crippen molar-refractivity contribution in [1.82, 2.24) is 18.7 Å². The van der Waals surface area contributed by atoms with E-state index in [0.29, 0.717) is 5.92 Å². The zero-order chi connectivity index (χ0) is 36.9. The maximum atomic E-state index is 5.00. The van der Waals surface area contributed by atoms with Crippen molar-refractivity contribution in [3.63, 3.8) is 0 Å². The molecule has 1 aliphatic carbocycles. The number of fused-ring (bicyclic) bond motifs is 9. The van der Waals surface area contributed by atoms with Gasteiger partial charge >= 0.3 is 0 Å². The van der Waals surface area contributed by atoms with E-state index in [9.17, 15) is 0 Å². The Morgan fingerprint density at radius 1 is 0.545 bits per heavy atom. The molecule has 0 fully saturated rings. The molecule has 0 saturated carbocycles. The molecule has 0 saturated heterocycles. The number of aryl methyl sites for hydroxylation is 3. The van der Waals surface area contributed by atoms with Crippen LogP contribution in [-0.4, -0.2) is 18.7 Å². The largest absolute Gasteiger partial charge is 0.310 e. The maximum absolute atomic E-state index is 5.00. The van der Waals surface area contributed by atoms with Gasteiger partial charge in [0, 0.05) is 56.1 Å². The lowest BCUT2D eigenvalue weighted by Crippen LogP contribution is -1.97. The Kier molecular flexibility index (Phi) is 6.90. The second-order valence-corrected chi connectivity index (χ2v) is 15.3. The molecule has 1 aliphatic rings. The zero-order valence-corrected chi connectivity index (χ0v) is 31.5. The summed E-state index contributed by atoms with van der Waals surface area (Å²) in [6.45, 7) is 8.85. The highest BCUT2D eigenvalue weighted by Gasteiger charge is 2.25. The lowest BCUT2D eigenvalue weighted by atomic mass is 10.00. The first-order valence-corrected chi connectivity index (χ1v) is 19.4. The number of benzene rings is 6. The van der Waals surface area contributed by atoms with E-state index in [4.69, 9.17) is 4.98 Å². The third-order valence-electron chi connectivity index (χ3n) is 12.0. The monoisotopic (exact) mass is 708 g/mol. The molecule has 1 atom stereocenters. The predicted molar refractivity (Wildman–Crippen MR) is 231 cm³/mol. The minimum Gasteiger partial charge on any atom is -0.310 e. The van der Waals surface area contributed by atoms with Gasteiger partial charge < -0.3 is 9.13 Å². The average Bonchev–Trinajstić information content (AvgIpc) is 3.95. The molecule has 6 aromatic carbocycles. The molecule has 4 nitrogen and oxygen atoms in total. The molecule has 0 spiro atoms. The summed E-state index contributed by atoms with van der Waals surface area (Å²) in [5.74, 6) is 0.343. The maximum Gasteiger partial charge on any atom is 0.145 e. The smallest absolute Gasteiger partial charge is 0.145 e. The van der Waals surface area contributed by atoms with E-state index in [1.54, 1.807) is 0 Å². The van der Waals surface area contributed by atoms with Crippen LogP contribution in [0.4, 0.5) is 0 Å². The SMILES string of the molecule is CCc1cccc2c3cc(-c4ccc5c(c4)c4cccnc4n5-c4ccc5c(c4)c4c(n5-c5ccc(C)cc5)C=CC4C)ccc3n(-c3ccc(C)cc3)c12. The Balaban J connectivity index is 1.09. The van der Waals surface area contributed by atoms with Gasteiger partial charge in [0.2, 0.25) is 0 Å². The van der Waals surface area contributed by atoms with E-state index in [0.717, 1.165) is 28.7 Å². The highest BCUT2D eigenvalue weighted by molar-refractivity contribution is 6.13. The first-order valence-electron chi connectivity index (χ1n) is 19.4. The van der Waals surface area contributed by atoms with Crippen LogP contribution in [0.3, 0.4) is 0 Å². The molecule has 264 valence electrons. The van der Waals surface area contributed by atoms with Crippen molar-refractivity contribution in [1.29, 1.82) is 0 Å². The predicted octanol–water partition coefficient (Wildman–Crippen LogP) is 13.2. The van der Waals surface area contributed by atoms with Gasteiger partial charge in [0.05, 0.1) is 27.8 Å². The lowest BCUT2D eigenvalue weighted by Gasteiger charge is -2.11. The second-order valence-electron chi connectivity index (χ2n) is 15.3. The Morgan fingerprint density at radius 2 is 1.15 bits per heavy atom. The fourth-order valence-electron chi connectivity index (χ4n) is 9.26. The molecule has 0 radical (unpaired) electrons. The summed E-state index contributed by atoms with van der Waals surface area (Å²) in [7, 11) is 0. The van der Waals surface area contributed by atoms with Crippen LogP contribution in [0.1, 0.15) is 47.7 Å². The van der Waals surface area contributed by atoms with Gasteiger partial charge in [0.15, 0.2) is 0 Å². The van der Waals surface area contributed by atoms with Gasteiger partial charge in [-0.25, -0.2) is 4.98 Å². The van der Waals surface area contributed by atoms with Crippen LogP contribution in [0.15, 0.2) is 146 Å².